The topological polar surface area (TPSA) is 70.0 Å². The highest BCUT2D eigenvalue weighted by molar-refractivity contribution is 9.08. The van der Waals surface area contributed by atoms with E-state index in [2.05, 4.69) is 20.7 Å². The lowest BCUT2D eigenvalue weighted by Gasteiger charge is -2.10. The molecule has 0 aliphatic rings. The Morgan fingerprint density at radius 3 is 2.43 bits per heavy atom. The van der Waals surface area contributed by atoms with E-state index in [9.17, 15) is 8.42 Å². The molecule has 0 saturated carbocycles. The van der Waals surface area contributed by atoms with Gasteiger partial charge in [0, 0.05) is 10.4 Å². The number of sulfonamides is 1. The third-order valence-corrected chi connectivity index (χ3v) is 5.00. The lowest BCUT2D eigenvalue weighted by Crippen LogP contribution is -2.13. The maximum absolute atomic E-state index is 12.3. The number of anilines is 1. The van der Waals surface area contributed by atoms with Crippen LogP contribution in [0.3, 0.4) is 0 Å². The van der Waals surface area contributed by atoms with Crippen molar-refractivity contribution in [3.63, 3.8) is 0 Å². The minimum Gasteiger partial charge on any atom is -0.278 e. The zero-order valence-electron chi connectivity index (χ0n) is 10.7. The van der Waals surface area contributed by atoms with Crippen LogP contribution in [0.1, 0.15) is 11.1 Å². The summed E-state index contributed by atoms with van der Waals surface area (Å²) in [4.78, 5) is 0.121. The van der Waals surface area contributed by atoms with Crippen LogP contribution in [-0.2, 0) is 15.4 Å². The molecule has 7 heteroatoms. The number of rotatable bonds is 4. The molecule has 2 aromatic rings. The molecule has 21 heavy (non-hydrogen) atoms. The van der Waals surface area contributed by atoms with Crippen molar-refractivity contribution in [3.05, 3.63) is 58.6 Å². The molecular formula is C14H10BrClN2O2S. The van der Waals surface area contributed by atoms with Gasteiger partial charge in [0.05, 0.1) is 16.1 Å². The van der Waals surface area contributed by atoms with E-state index in [1.165, 1.54) is 30.3 Å². The van der Waals surface area contributed by atoms with E-state index in [0.29, 0.717) is 10.4 Å². The molecule has 0 aliphatic heterocycles. The quantitative estimate of drug-likeness (QED) is 0.811. The zero-order valence-corrected chi connectivity index (χ0v) is 13.8. The molecular weight excluding hydrogens is 376 g/mol. The first-order valence-corrected chi connectivity index (χ1v) is 8.82. The van der Waals surface area contributed by atoms with E-state index < -0.39 is 10.0 Å². The van der Waals surface area contributed by atoms with Gasteiger partial charge in [0.15, 0.2) is 0 Å². The van der Waals surface area contributed by atoms with Crippen molar-refractivity contribution in [1.29, 1.82) is 5.26 Å². The Morgan fingerprint density at radius 1 is 1.19 bits per heavy atom. The largest absolute Gasteiger partial charge is 0.278 e. The Morgan fingerprint density at radius 2 is 1.86 bits per heavy atom. The summed E-state index contributed by atoms with van der Waals surface area (Å²) in [6.45, 7) is 0. The van der Waals surface area contributed by atoms with Crippen LogP contribution in [0.2, 0.25) is 5.02 Å². The summed E-state index contributed by atoms with van der Waals surface area (Å²) in [5.41, 5.74) is 1.34. The highest BCUT2D eigenvalue weighted by atomic mass is 79.9. The van der Waals surface area contributed by atoms with Crippen LogP contribution in [-0.4, -0.2) is 8.42 Å². The Labute approximate surface area is 136 Å². The Kier molecular flexibility index (Phi) is 4.88. The normalized spacial score (nSPS) is 10.9. The van der Waals surface area contributed by atoms with Gasteiger partial charge in [0.2, 0.25) is 0 Å². The van der Waals surface area contributed by atoms with E-state index in [1.807, 2.05) is 6.07 Å². The van der Waals surface area contributed by atoms with Crippen molar-refractivity contribution in [1.82, 2.24) is 0 Å². The van der Waals surface area contributed by atoms with Crippen LogP contribution in [0, 0.1) is 11.3 Å². The van der Waals surface area contributed by atoms with E-state index in [4.69, 9.17) is 16.9 Å². The van der Waals surface area contributed by atoms with Crippen LogP contribution >= 0.6 is 27.5 Å². The smallest absolute Gasteiger partial charge is 0.261 e. The predicted octanol–water partition coefficient (Wildman–Crippen LogP) is 3.91. The van der Waals surface area contributed by atoms with Gasteiger partial charge in [-0.2, -0.15) is 5.26 Å². The molecule has 0 spiro atoms. The molecule has 0 aliphatic carbocycles. The number of nitriles is 1. The molecule has 4 nitrogen and oxygen atoms in total. The van der Waals surface area contributed by atoms with Crippen molar-refractivity contribution in [2.24, 2.45) is 0 Å². The summed E-state index contributed by atoms with van der Waals surface area (Å²) in [7, 11) is -3.76. The SMILES string of the molecule is N#Cc1ccc(Cl)cc1NS(=O)(=O)c1ccc(CBr)cc1. The molecule has 0 bridgehead atoms. The maximum atomic E-state index is 12.3. The van der Waals surface area contributed by atoms with Crippen LogP contribution < -0.4 is 4.72 Å². The molecule has 2 aromatic carbocycles. The van der Waals surface area contributed by atoms with Gasteiger partial charge >= 0.3 is 0 Å². The van der Waals surface area contributed by atoms with Gasteiger partial charge in [0.25, 0.3) is 10.0 Å². The second kappa shape index (κ2) is 6.48. The second-order valence-corrected chi connectivity index (χ2v) is 6.86. The summed E-state index contributed by atoms with van der Waals surface area (Å²) in [5, 5.41) is 10.0. The lowest BCUT2D eigenvalue weighted by atomic mass is 10.2. The molecule has 0 atom stereocenters. The molecule has 0 aromatic heterocycles. The highest BCUT2D eigenvalue weighted by Crippen LogP contribution is 2.24. The number of hydrogen-bond donors (Lipinski definition) is 1. The third-order valence-electron chi connectivity index (χ3n) is 2.73. The second-order valence-electron chi connectivity index (χ2n) is 4.18. The average molecular weight is 386 g/mol. The summed E-state index contributed by atoms with van der Waals surface area (Å²) < 4.78 is 27.0. The summed E-state index contributed by atoms with van der Waals surface area (Å²) in [6.07, 6.45) is 0. The van der Waals surface area contributed by atoms with Crippen LogP contribution in [0.25, 0.3) is 0 Å². The average Bonchev–Trinajstić information content (AvgIpc) is 2.47. The van der Waals surface area contributed by atoms with Crippen molar-refractivity contribution in [2.45, 2.75) is 10.2 Å². The first-order valence-electron chi connectivity index (χ1n) is 5.83. The van der Waals surface area contributed by atoms with E-state index in [1.54, 1.807) is 12.1 Å². The molecule has 2 rings (SSSR count). The minimum atomic E-state index is -3.76. The van der Waals surface area contributed by atoms with Gasteiger partial charge in [0.1, 0.15) is 6.07 Å². The first kappa shape index (κ1) is 15.8. The van der Waals surface area contributed by atoms with E-state index in [0.717, 1.165) is 5.56 Å². The van der Waals surface area contributed by atoms with E-state index in [-0.39, 0.29) is 16.1 Å². The minimum absolute atomic E-state index is 0.121. The van der Waals surface area contributed by atoms with Gasteiger partial charge in [-0.05, 0) is 35.9 Å². The fourth-order valence-corrected chi connectivity index (χ4v) is 3.28. The molecule has 0 amide bonds. The standard InChI is InChI=1S/C14H10BrClN2O2S/c15-8-10-1-5-13(6-2-10)21(19,20)18-14-7-12(16)4-3-11(14)9-17/h1-7,18H,8H2. The Balaban J connectivity index is 2.37. The summed E-state index contributed by atoms with van der Waals surface area (Å²) >= 11 is 9.14. The third kappa shape index (κ3) is 3.76. The predicted molar refractivity (Wildman–Crippen MR) is 86.0 cm³/mol. The summed E-state index contributed by atoms with van der Waals surface area (Å²) in [6, 6.07) is 12.8. The molecule has 108 valence electrons. The van der Waals surface area contributed by atoms with Gasteiger partial charge in [-0.3, -0.25) is 4.72 Å². The molecule has 0 fully saturated rings. The van der Waals surface area contributed by atoms with Gasteiger partial charge in [-0.1, -0.05) is 39.7 Å². The number of nitrogens with one attached hydrogen (secondary N) is 1. The number of hydrogen-bond acceptors (Lipinski definition) is 3. The van der Waals surface area contributed by atoms with Crippen molar-refractivity contribution in [3.8, 4) is 6.07 Å². The highest BCUT2D eigenvalue weighted by Gasteiger charge is 2.16. The van der Waals surface area contributed by atoms with Crippen molar-refractivity contribution < 1.29 is 8.42 Å². The van der Waals surface area contributed by atoms with Gasteiger partial charge in [-0.15, -0.1) is 0 Å². The van der Waals surface area contributed by atoms with Crippen LogP contribution in [0.5, 0.6) is 0 Å². The van der Waals surface area contributed by atoms with E-state index >= 15 is 0 Å². The Bertz CT molecular complexity index is 799. The molecule has 0 unspecified atom stereocenters. The maximum Gasteiger partial charge on any atom is 0.261 e. The zero-order chi connectivity index (χ0) is 15.5. The van der Waals surface area contributed by atoms with Gasteiger partial charge in [-0.25, -0.2) is 8.42 Å². The van der Waals surface area contributed by atoms with Gasteiger partial charge < -0.3 is 0 Å². The number of nitrogens with zero attached hydrogens (tertiary/aromatic N) is 1. The Hall–Kier alpha value is -1.55. The fourth-order valence-electron chi connectivity index (χ4n) is 1.66. The number of alkyl halides is 1. The van der Waals surface area contributed by atoms with Crippen LogP contribution in [0.4, 0.5) is 5.69 Å². The molecule has 0 heterocycles. The summed E-state index contributed by atoms with van der Waals surface area (Å²) in [5.74, 6) is 0. The molecule has 0 saturated heterocycles. The lowest BCUT2D eigenvalue weighted by molar-refractivity contribution is 0.601. The van der Waals surface area contributed by atoms with Crippen molar-refractivity contribution >= 4 is 43.2 Å². The number of benzene rings is 2. The van der Waals surface area contributed by atoms with Crippen LogP contribution in [0.15, 0.2) is 47.4 Å². The number of halogens is 2. The molecule has 1 N–H and O–H groups in total. The monoisotopic (exact) mass is 384 g/mol. The molecule has 0 radical (unpaired) electrons. The van der Waals surface area contributed by atoms with Crippen molar-refractivity contribution in [2.75, 3.05) is 4.72 Å². The first-order chi connectivity index (χ1) is 9.96. The fraction of sp³-hybridized carbons (Fsp3) is 0.0714.